The van der Waals surface area contributed by atoms with Crippen LogP contribution in [0.5, 0.6) is 0 Å². The topological polar surface area (TPSA) is 112 Å². The van der Waals surface area contributed by atoms with E-state index >= 15 is 0 Å². The molecular weight excluding hydrogens is 338 g/mol. The van der Waals surface area contributed by atoms with Crippen LogP contribution in [0.2, 0.25) is 0 Å². The molecule has 1 aromatic heterocycles. The van der Waals surface area contributed by atoms with Crippen LogP contribution in [0, 0.1) is 0 Å². The highest BCUT2D eigenvalue weighted by atomic mass is 16.5. The third-order valence-electron chi connectivity index (χ3n) is 4.49. The fourth-order valence-electron chi connectivity index (χ4n) is 3.04. The number of fused-ring (bicyclic) bond motifs is 1. The monoisotopic (exact) mass is 359 g/mol. The van der Waals surface area contributed by atoms with E-state index in [1.165, 1.54) is 24.6 Å². The van der Waals surface area contributed by atoms with Crippen LogP contribution in [-0.4, -0.2) is 46.4 Å². The lowest BCUT2D eigenvalue weighted by molar-refractivity contribution is -0.134. The molecule has 26 heavy (non-hydrogen) atoms. The summed E-state index contributed by atoms with van der Waals surface area (Å²) in [5, 5.41) is 0. The number of esters is 1. The number of carbonyl (C=O) groups is 2. The predicted molar refractivity (Wildman–Crippen MR) is 95.1 cm³/mol. The third-order valence-corrected chi connectivity index (χ3v) is 4.49. The molecule has 1 fully saturated rings. The number of benzene rings is 1. The van der Waals surface area contributed by atoms with Crippen LogP contribution in [0.25, 0.3) is 11.0 Å². The molecule has 8 heteroatoms. The van der Waals surface area contributed by atoms with Crippen molar-refractivity contribution >= 4 is 22.9 Å². The zero-order valence-electron chi connectivity index (χ0n) is 14.4. The number of nitrogens with one attached hydrogen (secondary N) is 2. The highest BCUT2D eigenvalue weighted by Gasteiger charge is 2.17. The van der Waals surface area contributed by atoms with Crippen molar-refractivity contribution in [3.8, 4) is 0 Å². The zero-order chi connectivity index (χ0) is 18.5. The quantitative estimate of drug-likeness (QED) is 0.631. The maximum absolute atomic E-state index is 12.3. The molecule has 8 nitrogen and oxygen atoms in total. The molecule has 0 atom stereocenters. The summed E-state index contributed by atoms with van der Waals surface area (Å²) >= 11 is 0. The normalized spacial score (nSPS) is 15.3. The summed E-state index contributed by atoms with van der Waals surface area (Å²) in [6, 6.07) is 4.39. The summed E-state index contributed by atoms with van der Waals surface area (Å²) in [6.07, 6.45) is 5.36. The molecule has 1 aliphatic rings. The summed E-state index contributed by atoms with van der Waals surface area (Å²) in [4.78, 5) is 53.7. The minimum atomic E-state index is -0.796. The van der Waals surface area contributed by atoms with Crippen LogP contribution < -0.4 is 11.1 Å². The van der Waals surface area contributed by atoms with Gasteiger partial charge in [0.1, 0.15) is 0 Å². The summed E-state index contributed by atoms with van der Waals surface area (Å²) in [7, 11) is 0. The largest absolute Gasteiger partial charge is 0.452 e. The summed E-state index contributed by atoms with van der Waals surface area (Å²) in [5.41, 5.74) is -0.635. The summed E-state index contributed by atoms with van der Waals surface area (Å²) in [6.45, 7) is 1.08. The van der Waals surface area contributed by atoms with Crippen molar-refractivity contribution < 1.29 is 14.3 Å². The minimum absolute atomic E-state index is 0.195. The first kappa shape index (κ1) is 17.9. The number of likely N-dealkylation sites (tertiary alicyclic amines) is 1. The van der Waals surface area contributed by atoms with Gasteiger partial charge in [0.05, 0.1) is 16.6 Å². The van der Waals surface area contributed by atoms with Crippen LogP contribution in [0.3, 0.4) is 0 Å². The molecule has 1 aliphatic heterocycles. The van der Waals surface area contributed by atoms with E-state index in [-0.39, 0.29) is 18.1 Å². The van der Waals surface area contributed by atoms with Crippen molar-refractivity contribution in [1.82, 2.24) is 14.9 Å². The number of hydrogen-bond donors (Lipinski definition) is 2. The van der Waals surface area contributed by atoms with Crippen LogP contribution >= 0.6 is 0 Å². The van der Waals surface area contributed by atoms with Crippen LogP contribution in [0.4, 0.5) is 0 Å². The number of rotatable bonds is 3. The second kappa shape index (κ2) is 7.99. The van der Waals surface area contributed by atoms with Crippen LogP contribution in [0.1, 0.15) is 42.5 Å². The van der Waals surface area contributed by atoms with E-state index in [1.54, 1.807) is 4.90 Å². The molecule has 0 radical (unpaired) electrons. The fourth-order valence-corrected chi connectivity index (χ4v) is 3.04. The number of hydrogen-bond acceptors (Lipinski definition) is 5. The van der Waals surface area contributed by atoms with Crippen molar-refractivity contribution in [3.05, 3.63) is 44.5 Å². The first-order chi connectivity index (χ1) is 12.5. The first-order valence-electron chi connectivity index (χ1n) is 8.76. The minimum Gasteiger partial charge on any atom is -0.452 e. The number of aromatic amines is 2. The standard InChI is InChI=1S/C18H21N3O5/c22-15(21-8-4-2-1-3-5-9-21)11-26-18(25)12-6-7-13-14(10-12)20-17(24)16(23)19-13/h6-7,10H,1-5,8-9,11H2,(H,19,23)(H,20,24). The number of amides is 1. The summed E-state index contributed by atoms with van der Waals surface area (Å²) in [5.74, 6) is -0.849. The average Bonchev–Trinajstić information content (AvgIpc) is 2.59. The Morgan fingerprint density at radius 3 is 2.23 bits per heavy atom. The SMILES string of the molecule is O=C(OCC(=O)N1CCCCCCC1)c1ccc2[nH]c(=O)c(=O)[nH]c2c1. The fraction of sp³-hybridized carbons (Fsp3) is 0.444. The molecule has 0 bridgehead atoms. The lowest BCUT2D eigenvalue weighted by Gasteiger charge is -2.24. The van der Waals surface area contributed by atoms with Crippen molar-refractivity contribution in [1.29, 1.82) is 0 Å². The van der Waals surface area contributed by atoms with Crippen molar-refractivity contribution in [2.75, 3.05) is 19.7 Å². The number of aromatic nitrogens is 2. The lowest BCUT2D eigenvalue weighted by Crippen LogP contribution is -2.36. The van der Waals surface area contributed by atoms with Crippen molar-refractivity contribution in [2.24, 2.45) is 0 Å². The van der Waals surface area contributed by atoms with Gasteiger partial charge in [0.15, 0.2) is 6.61 Å². The zero-order valence-corrected chi connectivity index (χ0v) is 14.4. The number of H-pyrrole nitrogens is 2. The molecule has 0 saturated carbocycles. The molecule has 1 saturated heterocycles. The Kier molecular flexibility index (Phi) is 5.50. The highest BCUT2D eigenvalue weighted by molar-refractivity contribution is 5.94. The molecule has 2 N–H and O–H groups in total. The van der Waals surface area contributed by atoms with Crippen LogP contribution in [-0.2, 0) is 9.53 Å². The van der Waals surface area contributed by atoms with Gasteiger partial charge in [-0.2, -0.15) is 0 Å². The van der Waals surface area contributed by atoms with Crippen LogP contribution in [0.15, 0.2) is 27.8 Å². The van der Waals surface area contributed by atoms with Crippen molar-refractivity contribution in [3.63, 3.8) is 0 Å². The van der Waals surface area contributed by atoms with E-state index in [0.29, 0.717) is 24.1 Å². The van der Waals surface area contributed by atoms with E-state index in [0.717, 1.165) is 25.7 Å². The van der Waals surface area contributed by atoms with Crippen molar-refractivity contribution in [2.45, 2.75) is 32.1 Å². The Labute approximate surface area is 149 Å². The Bertz CT molecular complexity index is 922. The Morgan fingerprint density at radius 1 is 0.923 bits per heavy atom. The van der Waals surface area contributed by atoms with Gasteiger partial charge in [-0.05, 0) is 31.0 Å². The molecule has 138 valence electrons. The molecule has 1 aromatic carbocycles. The lowest BCUT2D eigenvalue weighted by atomic mass is 10.1. The van der Waals surface area contributed by atoms with Gasteiger partial charge in [-0.15, -0.1) is 0 Å². The van der Waals surface area contributed by atoms with Gasteiger partial charge in [0.2, 0.25) is 0 Å². The smallest absolute Gasteiger partial charge is 0.338 e. The van der Waals surface area contributed by atoms with E-state index in [4.69, 9.17) is 4.74 Å². The summed E-state index contributed by atoms with van der Waals surface area (Å²) < 4.78 is 5.12. The first-order valence-corrected chi connectivity index (χ1v) is 8.76. The Balaban J connectivity index is 1.65. The van der Waals surface area contributed by atoms with Gasteiger partial charge >= 0.3 is 17.1 Å². The second-order valence-electron chi connectivity index (χ2n) is 6.39. The third kappa shape index (κ3) is 4.19. The predicted octanol–water partition coefficient (Wildman–Crippen LogP) is 1.17. The number of carbonyl (C=O) groups excluding carboxylic acids is 2. The molecule has 2 heterocycles. The van der Waals surface area contributed by atoms with E-state index in [1.807, 2.05) is 0 Å². The van der Waals surface area contributed by atoms with Gasteiger partial charge in [0.25, 0.3) is 5.91 Å². The molecule has 3 rings (SSSR count). The Hall–Kier alpha value is -2.90. The highest BCUT2D eigenvalue weighted by Crippen LogP contribution is 2.12. The van der Waals surface area contributed by atoms with Gasteiger partial charge in [-0.3, -0.25) is 14.4 Å². The van der Waals surface area contributed by atoms with Gasteiger partial charge in [-0.1, -0.05) is 19.3 Å². The Morgan fingerprint density at radius 2 is 1.54 bits per heavy atom. The molecule has 0 aliphatic carbocycles. The number of ether oxygens (including phenoxy) is 1. The van der Waals surface area contributed by atoms with Gasteiger partial charge < -0.3 is 19.6 Å². The number of nitrogens with zero attached hydrogens (tertiary/aromatic N) is 1. The van der Waals surface area contributed by atoms with E-state index in [2.05, 4.69) is 9.97 Å². The van der Waals surface area contributed by atoms with Gasteiger partial charge in [0, 0.05) is 13.1 Å². The average molecular weight is 359 g/mol. The molecule has 0 spiro atoms. The maximum Gasteiger partial charge on any atom is 0.338 e. The molecule has 0 unspecified atom stereocenters. The van der Waals surface area contributed by atoms with E-state index in [9.17, 15) is 19.2 Å². The van der Waals surface area contributed by atoms with E-state index < -0.39 is 17.1 Å². The molecule has 2 aromatic rings. The molecular formula is C18H21N3O5. The second-order valence-corrected chi connectivity index (χ2v) is 6.39. The van der Waals surface area contributed by atoms with Gasteiger partial charge in [-0.25, -0.2) is 4.79 Å². The molecule has 1 amide bonds. The maximum atomic E-state index is 12.3.